The summed E-state index contributed by atoms with van der Waals surface area (Å²) in [6, 6.07) is 20.3. The molecule has 0 fully saturated rings. The number of ketones is 1. The molecule has 0 aliphatic heterocycles. The molecule has 1 aromatic heterocycles. The number of carbonyl (C=O) groups is 1. The third-order valence-corrected chi connectivity index (χ3v) is 4.46. The van der Waals surface area contributed by atoms with Crippen molar-refractivity contribution in [1.29, 1.82) is 0 Å². The average molecular weight is 385 g/mol. The Labute approximate surface area is 165 Å². The number of aromatic nitrogens is 2. The Bertz CT molecular complexity index is 1210. The molecule has 0 unspecified atom stereocenters. The van der Waals surface area contributed by atoms with Crippen molar-refractivity contribution in [1.82, 2.24) is 10.1 Å². The Morgan fingerprint density at radius 1 is 1.00 bits per heavy atom. The molecule has 0 atom stereocenters. The number of carbonyl (C=O) groups excluding carboxylic acids is 1. The number of nitro groups is 1. The summed E-state index contributed by atoms with van der Waals surface area (Å²) >= 11 is 0. The molecular weight excluding hydrogens is 370 g/mol. The van der Waals surface area contributed by atoms with Gasteiger partial charge in [-0.1, -0.05) is 65.3 Å². The third kappa shape index (κ3) is 3.66. The van der Waals surface area contributed by atoms with Crippen LogP contribution in [0.5, 0.6) is 0 Å². The van der Waals surface area contributed by atoms with Crippen LogP contribution in [-0.2, 0) is 0 Å². The fourth-order valence-electron chi connectivity index (χ4n) is 2.94. The van der Waals surface area contributed by atoms with Gasteiger partial charge in [0.25, 0.3) is 11.6 Å². The number of hydrogen-bond donors (Lipinski definition) is 0. The van der Waals surface area contributed by atoms with Crippen LogP contribution in [0.15, 0.2) is 77.3 Å². The van der Waals surface area contributed by atoms with Crippen LogP contribution in [0.2, 0.25) is 0 Å². The predicted molar refractivity (Wildman–Crippen MR) is 106 cm³/mol. The van der Waals surface area contributed by atoms with Gasteiger partial charge in [0.2, 0.25) is 5.82 Å². The summed E-state index contributed by atoms with van der Waals surface area (Å²) in [4.78, 5) is 27.8. The summed E-state index contributed by atoms with van der Waals surface area (Å²) in [6.07, 6.45) is 0. The van der Waals surface area contributed by atoms with Gasteiger partial charge in [-0.3, -0.25) is 14.9 Å². The lowest BCUT2D eigenvalue weighted by atomic mass is 9.97. The summed E-state index contributed by atoms with van der Waals surface area (Å²) < 4.78 is 5.37. The van der Waals surface area contributed by atoms with Gasteiger partial charge in [-0.05, 0) is 13.0 Å². The standard InChI is InChI=1S/C22H15N3O4/c1-14-9-11-15(12-10-14)20(26)18-7-2-3-8-19(18)22-23-21(24-29-22)16-5-4-6-17(13-16)25(27)28/h2-13H,1H3. The van der Waals surface area contributed by atoms with E-state index in [0.717, 1.165) is 5.56 Å². The van der Waals surface area contributed by atoms with E-state index in [2.05, 4.69) is 10.1 Å². The fraction of sp³-hybridized carbons (Fsp3) is 0.0455. The zero-order chi connectivity index (χ0) is 20.4. The molecule has 7 heteroatoms. The molecule has 0 amide bonds. The van der Waals surface area contributed by atoms with E-state index in [-0.39, 0.29) is 23.2 Å². The van der Waals surface area contributed by atoms with Crippen molar-refractivity contribution in [3.8, 4) is 22.8 Å². The summed E-state index contributed by atoms with van der Waals surface area (Å²) in [5, 5.41) is 14.9. The van der Waals surface area contributed by atoms with Crippen LogP contribution in [-0.4, -0.2) is 20.8 Å². The van der Waals surface area contributed by atoms with Crippen molar-refractivity contribution in [3.05, 3.63) is 99.6 Å². The van der Waals surface area contributed by atoms with Crippen LogP contribution < -0.4 is 0 Å². The Morgan fingerprint density at radius 2 is 1.76 bits per heavy atom. The van der Waals surface area contributed by atoms with Gasteiger partial charge in [-0.25, -0.2) is 0 Å². The number of nitrogens with zero attached hydrogens (tertiary/aromatic N) is 3. The Balaban J connectivity index is 1.72. The zero-order valence-electron chi connectivity index (χ0n) is 15.4. The van der Waals surface area contributed by atoms with E-state index >= 15 is 0 Å². The lowest BCUT2D eigenvalue weighted by Gasteiger charge is -2.05. The molecule has 4 aromatic rings. The van der Waals surface area contributed by atoms with Gasteiger partial charge in [-0.2, -0.15) is 4.98 Å². The highest BCUT2D eigenvalue weighted by Gasteiger charge is 2.19. The molecule has 0 aliphatic carbocycles. The van der Waals surface area contributed by atoms with Gasteiger partial charge in [0.15, 0.2) is 5.78 Å². The van der Waals surface area contributed by atoms with Crippen molar-refractivity contribution in [2.24, 2.45) is 0 Å². The molecule has 0 bridgehead atoms. The van der Waals surface area contributed by atoms with E-state index in [1.807, 2.05) is 19.1 Å². The molecule has 4 rings (SSSR count). The lowest BCUT2D eigenvalue weighted by molar-refractivity contribution is -0.384. The van der Waals surface area contributed by atoms with Gasteiger partial charge < -0.3 is 4.52 Å². The number of benzene rings is 3. The summed E-state index contributed by atoms with van der Waals surface area (Å²) in [7, 11) is 0. The Hall–Kier alpha value is -4.13. The largest absolute Gasteiger partial charge is 0.334 e. The molecule has 0 saturated heterocycles. The first-order valence-electron chi connectivity index (χ1n) is 8.82. The van der Waals surface area contributed by atoms with E-state index in [4.69, 9.17) is 4.52 Å². The minimum atomic E-state index is -0.486. The van der Waals surface area contributed by atoms with Crippen LogP contribution in [0.4, 0.5) is 5.69 Å². The highest BCUT2D eigenvalue weighted by molar-refractivity contribution is 6.12. The van der Waals surface area contributed by atoms with Gasteiger partial charge in [0.05, 0.1) is 10.5 Å². The molecule has 0 radical (unpaired) electrons. The SMILES string of the molecule is Cc1ccc(C(=O)c2ccccc2-c2nc(-c3cccc([N+](=O)[O-])c3)no2)cc1. The van der Waals surface area contributed by atoms with Crippen LogP contribution in [0, 0.1) is 17.0 Å². The predicted octanol–water partition coefficient (Wildman–Crippen LogP) is 4.85. The summed E-state index contributed by atoms with van der Waals surface area (Å²) in [6.45, 7) is 1.95. The third-order valence-electron chi connectivity index (χ3n) is 4.46. The van der Waals surface area contributed by atoms with E-state index in [1.165, 1.54) is 12.1 Å². The van der Waals surface area contributed by atoms with E-state index in [0.29, 0.717) is 22.3 Å². The quantitative estimate of drug-likeness (QED) is 0.277. The molecule has 3 aromatic carbocycles. The second-order valence-electron chi connectivity index (χ2n) is 6.47. The molecular formula is C22H15N3O4. The van der Waals surface area contributed by atoms with Gasteiger partial charge in [-0.15, -0.1) is 0 Å². The van der Waals surface area contributed by atoms with Crippen molar-refractivity contribution in [3.63, 3.8) is 0 Å². The molecule has 0 N–H and O–H groups in total. The maximum Gasteiger partial charge on any atom is 0.270 e. The monoisotopic (exact) mass is 385 g/mol. The minimum absolute atomic E-state index is 0.0659. The first kappa shape index (κ1) is 18.2. The molecule has 7 nitrogen and oxygen atoms in total. The van der Waals surface area contributed by atoms with Crippen molar-refractivity contribution in [2.45, 2.75) is 6.92 Å². The van der Waals surface area contributed by atoms with E-state index < -0.39 is 4.92 Å². The van der Waals surface area contributed by atoms with Gasteiger partial charge >= 0.3 is 0 Å². The second kappa shape index (κ2) is 7.47. The smallest absolute Gasteiger partial charge is 0.270 e. The van der Waals surface area contributed by atoms with E-state index in [1.54, 1.807) is 48.5 Å². The van der Waals surface area contributed by atoms with Crippen LogP contribution in [0.3, 0.4) is 0 Å². The number of aryl methyl sites for hydroxylation is 1. The molecule has 142 valence electrons. The van der Waals surface area contributed by atoms with Crippen molar-refractivity contribution < 1.29 is 14.2 Å². The summed E-state index contributed by atoms with van der Waals surface area (Å²) in [5.74, 6) is 0.222. The molecule has 0 saturated carbocycles. The normalized spacial score (nSPS) is 10.7. The minimum Gasteiger partial charge on any atom is -0.334 e. The molecule has 0 spiro atoms. The molecule has 29 heavy (non-hydrogen) atoms. The fourth-order valence-corrected chi connectivity index (χ4v) is 2.94. The number of rotatable bonds is 5. The van der Waals surface area contributed by atoms with E-state index in [9.17, 15) is 14.9 Å². The summed E-state index contributed by atoms with van der Waals surface area (Å²) in [5.41, 5.74) is 2.95. The van der Waals surface area contributed by atoms with Gasteiger partial charge in [0.1, 0.15) is 0 Å². The number of hydrogen-bond acceptors (Lipinski definition) is 6. The highest BCUT2D eigenvalue weighted by atomic mass is 16.6. The maximum absolute atomic E-state index is 13.0. The first-order chi connectivity index (χ1) is 14.0. The first-order valence-corrected chi connectivity index (χ1v) is 8.82. The number of nitro benzene ring substituents is 1. The van der Waals surface area contributed by atoms with Gasteiger partial charge in [0, 0.05) is 28.8 Å². The van der Waals surface area contributed by atoms with Crippen LogP contribution >= 0.6 is 0 Å². The Morgan fingerprint density at radius 3 is 2.52 bits per heavy atom. The number of non-ortho nitro benzene ring substituents is 1. The second-order valence-corrected chi connectivity index (χ2v) is 6.47. The average Bonchev–Trinajstić information content (AvgIpc) is 3.24. The van der Waals surface area contributed by atoms with Crippen molar-refractivity contribution in [2.75, 3.05) is 0 Å². The van der Waals surface area contributed by atoms with Crippen molar-refractivity contribution >= 4 is 11.5 Å². The zero-order valence-corrected chi connectivity index (χ0v) is 15.4. The van der Waals surface area contributed by atoms with Crippen LogP contribution in [0.1, 0.15) is 21.5 Å². The molecule has 0 aliphatic rings. The topological polar surface area (TPSA) is 99.1 Å². The Kier molecular flexibility index (Phi) is 4.70. The maximum atomic E-state index is 13.0. The molecule has 1 heterocycles. The van der Waals surface area contributed by atoms with Crippen LogP contribution in [0.25, 0.3) is 22.8 Å². The highest BCUT2D eigenvalue weighted by Crippen LogP contribution is 2.28. The lowest BCUT2D eigenvalue weighted by Crippen LogP contribution is -2.03.